The maximum atomic E-state index is 13.6. The molecule has 1 aromatic carbocycles. The second-order valence-electron chi connectivity index (χ2n) is 3.84. The fraction of sp³-hybridized carbons (Fsp3) is 0.333. The third-order valence-electron chi connectivity index (χ3n) is 2.45. The number of hydrogen-bond acceptors (Lipinski definition) is 5. The number of rotatable bonds is 5. The van der Waals surface area contributed by atoms with Crippen molar-refractivity contribution < 1.29 is 18.0 Å². The molecule has 2 aromatic rings. The molecule has 19 heavy (non-hydrogen) atoms. The van der Waals surface area contributed by atoms with E-state index in [1.54, 1.807) is 0 Å². The Morgan fingerprint density at radius 2 is 2.00 bits per heavy atom. The van der Waals surface area contributed by atoms with Crippen molar-refractivity contribution in [3.63, 3.8) is 0 Å². The van der Waals surface area contributed by atoms with Crippen molar-refractivity contribution in [2.45, 2.75) is 26.5 Å². The largest absolute Gasteiger partial charge is 0.479 e. The summed E-state index contributed by atoms with van der Waals surface area (Å²) in [5.74, 6) is -1.41. The molecule has 0 saturated heterocycles. The quantitative estimate of drug-likeness (QED) is 0.898. The van der Waals surface area contributed by atoms with Gasteiger partial charge in [-0.1, -0.05) is 12.1 Å². The highest BCUT2D eigenvalue weighted by molar-refractivity contribution is 5.31. The molecule has 1 heterocycles. The van der Waals surface area contributed by atoms with Gasteiger partial charge in [0.2, 0.25) is 11.7 Å². The Labute approximate surface area is 108 Å². The number of ether oxygens (including phenoxy) is 1. The SMILES string of the molecule is CCc1nc(COc2c(F)cc(CN)cc2F)no1. The second kappa shape index (κ2) is 5.75. The summed E-state index contributed by atoms with van der Waals surface area (Å²) < 4.78 is 37.1. The van der Waals surface area contributed by atoms with Gasteiger partial charge in [0.15, 0.2) is 24.0 Å². The van der Waals surface area contributed by atoms with Crippen molar-refractivity contribution >= 4 is 0 Å². The number of nitrogens with two attached hydrogens (primary N) is 1. The summed E-state index contributed by atoms with van der Waals surface area (Å²) in [6.45, 7) is 1.74. The average Bonchev–Trinajstić information content (AvgIpc) is 2.85. The van der Waals surface area contributed by atoms with Gasteiger partial charge in [0.25, 0.3) is 0 Å². The van der Waals surface area contributed by atoms with Gasteiger partial charge < -0.3 is 15.0 Å². The lowest BCUT2D eigenvalue weighted by Gasteiger charge is -2.07. The van der Waals surface area contributed by atoms with E-state index in [1.165, 1.54) is 0 Å². The van der Waals surface area contributed by atoms with Crippen molar-refractivity contribution in [2.75, 3.05) is 0 Å². The number of halogens is 2. The molecule has 0 radical (unpaired) electrons. The van der Waals surface area contributed by atoms with E-state index >= 15 is 0 Å². The van der Waals surface area contributed by atoms with Crippen molar-refractivity contribution in [1.29, 1.82) is 0 Å². The van der Waals surface area contributed by atoms with E-state index in [2.05, 4.69) is 10.1 Å². The third-order valence-corrected chi connectivity index (χ3v) is 2.45. The zero-order valence-electron chi connectivity index (χ0n) is 10.3. The van der Waals surface area contributed by atoms with Gasteiger partial charge >= 0.3 is 0 Å². The molecular weight excluding hydrogens is 256 g/mol. The first-order valence-electron chi connectivity index (χ1n) is 5.76. The van der Waals surface area contributed by atoms with Crippen LogP contribution >= 0.6 is 0 Å². The number of aryl methyl sites for hydroxylation is 1. The maximum absolute atomic E-state index is 13.6. The Morgan fingerprint density at radius 1 is 1.32 bits per heavy atom. The molecule has 5 nitrogen and oxygen atoms in total. The second-order valence-corrected chi connectivity index (χ2v) is 3.84. The first-order chi connectivity index (χ1) is 9.13. The van der Waals surface area contributed by atoms with Crippen LogP contribution in [-0.4, -0.2) is 10.1 Å². The molecule has 102 valence electrons. The lowest BCUT2D eigenvalue weighted by molar-refractivity contribution is 0.259. The number of hydrogen-bond donors (Lipinski definition) is 1. The van der Waals surface area contributed by atoms with Crippen LogP contribution in [0.25, 0.3) is 0 Å². The molecule has 0 atom stereocenters. The van der Waals surface area contributed by atoms with E-state index in [-0.39, 0.29) is 19.0 Å². The Hall–Kier alpha value is -2.02. The molecule has 0 unspecified atom stereocenters. The third kappa shape index (κ3) is 3.05. The number of nitrogens with zero attached hydrogens (tertiary/aromatic N) is 2. The number of benzene rings is 1. The van der Waals surface area contributed by atoms with Crippen LogP contribution in [0.1, 0.15) is 24.2 Å². The van der Waals surface area contributed by atoms with Crippen LogP contribution in [0.4, 0.5) is 8.78 Å². The molecule has 0 fully saturated rings. The Bertz CT molecular complexity index is 549. The molecule has 0 aliphatic rings. The van der Waals surface area contributed by atoms with Gasteiger partial charge in [0.05, 0.1) is 0 Å². The topological polar surface area (TPSA) is 74.2 Å². The highest BCUT2D eigenvalue weighted by atomic mass is 19.1. The normalized spacial score (nSPS) is 10.7. The van der Waals surface area contributed by atoms with E-state index in [9.17, 15) is 8.78 Å². The Morgan fingerprint density at radius 3 is 2.53 bits per heavy atom. The van der Waals surface area contributed by atoms with Gasteiger partial charge in [-0.3, -0.25) is 0 Å². The summed E-state index contributed by atoms with van der Waals surface area (Å²) in [5, 5.41) is 3.62. The summed E-state index contributed by atoms with van der Waals surface area (Å²) >= 11 is 0. The zero-order valence-corrected chi connectivity index (χ0v) is 10.3. The molecule has 1 aromatic heterocycles. The fourth-order valence-corrected chi connectivity index (χ4v) is 1.50. The van der Waals surface area contributed by atoms with E-state index < -0.39 is 17.4 Å². The minimum Gasteiger partial charge on any atom is -0.479 e. The molecule has 0 aliphatic heterocycles. The first kappa shape index (κ1) is 13.4. The van der Waals surface area contributed by atoms with Crippen molar-refractivity contribution in [3.05, 3.63) is 41.0 Å². The van der Waals surface area contributed by atoms with Crippen LogP contribution in [-0.2, 0) is 19.6 Å². The highest BCUT2D eigenvalue weighted by Crippen LogP contribution is 2.23. The van der Waals surface area contributed by atoms with Crippen LogP contribution < -0.4 is 10.5 Å². The standard InChI is InChI=1S/C12H13F2N3O2/c1-2-11-16-10(17-19-11)6-18-12-8(13)3-7(5-15)4-9(12)14/h3-4H,2,5-6,15H2,1H3. The van der Waals surface area contributed by atoms with Gasteiger partial charge in [0, 0.05) is 13.0 Å². The van der Waals surface area contributed by atoms with E-state index in [0.29, 0.717) is 17.9 Å². The van der Waals surface area contributed by atoms with E-state index in [4.69, 9.17) is 15.0 Å². The van der Waals surface area contributed by atoms with Gasteiger partial charge in [-0.15, -0.1) is 0 Å². The van der Waals surface area contributed by atoms with E-state index in [1.807, 2.05) is 6.92 Å². The summed E-state index contributed by atoms with van der Waals surface area (Å²) in [4.78, 5) is 3.97. The molecule has 2 N–H and O–H groups in total. The Kier molecular flexibility index (Phi) is 4.06. The Balaban J connectivity index is 2.11. The molecule has 0 aliphatic carbocycles. The summed E-state index contributed by atoms with van der Waals surface area (Å²) in [7, 11) is 0. The van der Waals surface area contributed by atoms with Gasteiger partial charge in [-0.05, 0) is 17.7 Å². The molecule has 0 bridgehead atoms. The maximum Gasteiger partial charge on any atom is 0.226 e. The van der Waals surface area contributed by atoms with Crippen LogP contribution in [0, 0.1) is 11.6 Å². The summed E-state index contributed by atoms with van der Waals surface area (Å²) in [6.07, 6.45) is 0.584. The molecule has 7 heteroatoms. The average molecular weight is 269 g/mol. The van der Waals surface area contributed by atoms with Gasteiger partial charge in [0.1, 0.15) is 0 Å². The van der Waals surface area contributed by atoms with Crippen LogP contribution in [0.5, 0.6) is 5.75 Å². The van der Waals surface area contributed by atoms with E-state index in [0.717, 1.165) is 12.1 Å². The predicted octanol–water partition coefficient (Wildman–Crippen LogP) is 1.95. The molecule has 0 saturated carbocycles. The van der Waals surface area contributed by atoms with Crippen LogP contribution in [0.15, 0.2) is 16.7 Å². The molecule has 0 amide bonds. The van der Waals surface area contributed by atoms with Gasteiger partial charge in [-0.25, -0.2) is 8.78 Å². The highest BCUT2D eigenvalue weighted by Gasteiger charge is 2.14. The summed E-state index contributed by atoms with van der Waals surface area (Å²) in [6, 6.07) is 2.26. The van der Waals surface area contributed by atoms with Crippen LogP contribution in [0.3, 0.4) is 0 Å². The lowest BCUT2D eigenvalue weighted by atomic mass is 10.2. The monoisotopic (exact) mass is 269 g/mol. The lowest BCUT2D eigenvalue weighted by Crippen LogP contribution is -2.04. The first-order valence-corrected chi connectivity index (χ1v) is 5.76. The smallest absolute Gasteiger partial charge is 0.226 e. The number of aromatic nitrogens is 2. The predicted molar refractivity (Wildman–Crippen MR) is 62.3 cm³/mol. The van der Waals surface area contributed by atoms with Gasteiger partial charge in [-0.2, -0.15) is 4.98 Å². The van der Waals surface area contributed by atoms with Crippen LogP contribution in [0.2, 0.25) is 0 Å². The molecular formula is C12H13F2N3O2. The fourth-order valence-electron chi connectivity index (χ4n) is 1.50. The van der Waals surface area contributed by atoms with Crippen molar-refractivity contribution in [1.82, 2.24) is 10.1 Å². The van der Waals surface area contributed by atoms with Crippen molar-refractivity contribution in [3.8, 4) is 5.75 Å². The zero-order chi connectivity index (χ0) is 13.8. The summed E-state index contributed by atoms with van der Waals surface area (Å²) in [5.41, 5.74) is 5.67. The molecule has 2 rings (SSSR count). The molecule has 0 spiro atoms. The minimum atomic E-state index is -0.806. The van der Waals surface area contributed by atoms with Crippen molar-refractivity contribution in [2.24, 2.45) is 5.73 Å². The minimum absolute atomic E-state index is 0.0544.